The molecular weight excluding hydrogens is 202 g/mol. The van der Waals surface area contributed by atoms with Crippen LogP contribution in [0.3, 0.4) is 0 Å². The molecule has 1 aliphatic heterocycles. The van der Waals surface area contributed by atoms with Gasteiger partial charge in [-0.3, -0.25) is 0 Å². The van der Waals surface area contributed by atoms with Gasteiger partial charge in [0.05, 0.1) is 13.7 Å². The molecule has 0 aliphatic carbocycles. The van der Waals surface area contributed by atoms with Crippen molar-refractivity contribution in [2.45, 2.75) is 25.4 Å². The predicted molar refractivity (Wildman–Crippen MR) is 63.7 cm³/mol. The zero-order valence-electron chi connectivity index (χ0n) is 9.95. The molecule has 2 rings (SSSR count). The van der Waals surface area contributed by atoms with Crippen LogP contribution in [-0.2, 0) is 11.3 Å². The molecule has 1 aromatic rings. The van der Waals surface area contributed by atoms with Crippen molar-refractivity contribution >= 4 is 0 Å². The molecule has 1 unspecified atom stereocenters. The fraction of sp³-hybridized carbons (Fsp3) is 0.538. The van der Waals surface area contributed by atoms with Crippen molar-refractivity contribution in [1.29, 1.82) is 0 Å². The summed E-state index contributed by atoms with van der Waals surface area (Å²) in [5.74, 6) is 0.902. The lowest BCUT2D eigenvalue weighted by molar-refractivity contribution is 0.171. The summed E-state index contributed by atoms with van der Waals surface area (Å²) in [6.45, 7) is 4.77. The van der Waals surface area contributed by atoms with E-state index in [1.807, 2.05) is 12.1 Å². The van der Waals surface area contributed by atoms with Crippen molar-refractivity contribution < 1.29 is 9.47 Å². The van der Waals surface area contributed by atoms with E-state index in [-0.39, 0.29) is 5.54 Å². The van der Waals surface area contributed by atoms with Gasteiger partial charge in [-0.2, -0.15) is 0 Å². The molecule has 16 heavy (non-hydrogen) atoms. The molecule has 0 spiro atoms. The van der Waals surface area contributed by atoms with Gasteiger partial charge in [0.1, 0.15) is 5.75 Å². The third-order valence-electron chi connectivity index (χ3n) is 3.10. The molecular formula is C13H19NO2. The molecule has 1 fully saturated rings. The summed E-state index contributed by atoms with van der Waals surface area (Å²) in [5, 5.41) is 3.55. The predicted octanol–water partition coefficient (Wildman–Crippen LogP) is 1.96. The van der Waals surface area contributed by atoms with E-state index in [1.165, 1.54) is 5.56 Å². The van der Waals surface area contributed by atoms with Crippen LogP contribution in [0.25, 0.3) is 0 Å². The summed E-state index contributed by atoms with van der Waals surface area (Å²) in [7, 11) is 1.68. The number of hydrogen-bond donors (Lipinski definition) is 1. The Morgan fingerprint density at radius 1 is 1.38 bits per heavy atom. The molecule has 0 saturated carbocycles. The SMILES string of the molecule is COc1ccc(CNC2(C)CCOC2)cc1. The summed E-state index contributed by atoms with van der Waals surface area (Å²) in [6.07, 6.45) is 1.09. The van der Waals surface area contributed by atoms with Crippen LogP contribution in [0.5, 0.6) is 5.75 Å². The van der Waals surface area contributed by atoms with Crippen molar-refractivity contribution in [2.24, 2.45) is 0 Å². The highest BCUT2D eigenvalue weighted by molar-refractivity contribution is 5.27. The molecule has 1 aromatic carbocycles. The van der Waals surface area contributed by atoms with Gasteiger partial charge in [0.15, 0.2) is 0 Å². The first-order valence-electron chi connectivity index (χ1n) is 5.68. The van der Waals surface area contributed by atoms with Crippen molar-refractivity contribution in [2.75, 3.05) is 20.3 Å². The monoisotopic (exact) mass is 221 g/mol. The fourth-order valence-electron chi connectivity index (χ4n) is 1.87. The van der Waals surface area contributed by atoms with Crippen LogP contribution in [0, 0.1) is 0 Å². The van der Waals surface area contributed by atoms with Gasteiger partial charge in [0.25, 0.3) is 0 Å². The standard InChI is InChI=1S/C13H19NO2/c1-13(7-8-16-10-13)14-9-11-3-5-12(15-2)6-4-11/h3-6,14H,7-10H2,1-2H3. The molecule has 1 saturated heterocycles. The average molecular weight is 221 g/mol. The van der Waals surface area contributed by atoms with Gasteiger partial charge >= 0.3 is 0 Å². The first-order chi connectivity index (χ1) is 7.72. The van der Waals surface area contributed by atoms with Gasteiger partial charge in [-0.05, 0) is 31.0 Å². The summed E-state index contributed by atoms with van der Waals surface area (Å²) in [6, 6.07) is 8.16. The zero-order chi connectivity index (χ0) is 11.4. The first-order valence-corrected chi connectivity index (χ1v) is 5.68. The second kappa shape index (κ2) is 4.85. The van der Waals surface area contributed by atoms with Crippen LogP contribution in [0.2, 0.25) is 0 Å². The van der Waals surface area contributed by atoms with E-state index in [2.05, 4.69) is 24.4 Å². The van der Waals surface area contributed by atoms with Crippen LogP contribution < -0.4 is 10.1 Å². The zero-order valence-corrected chi connectivity index (χ0v) is 9.95. The molecule has 1 aliphatic rings. The Morgan fingerprint density at radius 3 is 2.69 bits per heavy atom. The Morgan fingerprint density at radius 2 is 2.12 bits per heavy atom. The molecule has 0 radical (unpaired) electrons. The normalized spacial score (nSPS) is 24.6. The minimum absolute atomic E-state index is 0.139. The maximum Gasteiger partial charge on any atom is 0.118 e. The van der Waals surface area contributed by atoms with Crippen LogP contribution in [0.15, 0.2) is 24.3 Å². The van der Waals surface area contributed by atoms with E-state index in [1.54, 1.807) is 7.11 Å². The van der Waals surface area contributed by atoms with E-state index < -0.39 is 0 Å². The van der Waals surface area contributed by atoms with E-state index in [0.717, 1.165) is 31.9 Å². The second-order valence-electron chi connectivity index (χ2n) is 4.56. The van der Waals surface area contributed by atoms with E-state index >= 15 is 0 Å². The van der Waals surface area contributed by atoms with E-state index in [0.29, 0.717) is 0 Å². The highest BCUT2D eigenvalue weighted by Crippen LogP contribution is 2.18. The van der Waals surface area contributed by atoms with Crippen molar-refractivity contribution in [1.82, 2.24) is 5.32 Å². The summed E-state index contributed by atoms with van der Waals surface area (Å²) >= 11 is 0. The maximum atomic E-state index is 5.40. The van der Waals surface area contributed by atoms with Crippen LogP contribution in [0.4, 0.5) is 0 Å². The molecule has 1 heterocycles. The summed E-state index contributed by atoms with van der Waals surface area (Å²) in [4.78, 5) is 0. The summed E-state index contributed by atoms with van der Waals surface area (Å²) in [5.41, 5.74) is 1.41. The van der Waals surface area contributed by atoms with Crippen molar-refractivity contribution in [3.05, 3.63) is 29.8 Å². The quantitative estimate of drug-likeness (QED) is 0.843. The van der Waals surface area contributed by atoms with Crippen molar-refractivity contribution in [3.63, 3.8) is 0 Å². The van der Waals surface area contributed by atoms with Crippen LogP contribution in [0.1, 0.15) is 18.9 Å². The van der Waals surface area contributed by atoms with Gasteiger partial charge in [-0.15, -0.1) is 0 Å². The third kappa shape index (κ3) is 2.74. The van der Waals surface area contributed by atoms with Gasteiger partial charge in [0, 0.05) is 18.7 Å². The minimum Gasteiger partial charge on any atom is -0.497 e. The lowest BCUT2D eigenvalue weighted by Crippen LogP contribution is -2.42. The van der Waals surface area contributed by atoms with E-state index in [9.17, 15) is 0 Å². The van der Waals surface area contributed by atoms with E-state index in [4.69, 9.17) is 9.47 Å². The maximum absolute atomic E-state index is 5.40. The summed E-state index contributed by atoms with van der Waals surface area (Å²) < 4.78 is 10.5. The molecule has 0 bridgehead atoms. The molecule has 0 amide bonds. The second-order valence-corrected chi connectivity index (χ2v) is 4.56. The number of nitrogens with one attached hydrogen (secondary N) is 1. The topological polar surface area (TPSA) is 30.5 Å². The Balaban J connectivity index is 1.89. The smallest absolute Gasteiger partial charge is 0.118 e. The average Bonchev–Trinajstić information content (AvgIpc) is 2.75. The Hall–Kier alpha value is -1.06. The fourth-order valence-corrected chi connectivity index (χ4v) is 1.87. The van der Waals surface area contributed by atoms with Crippen LogP contribution >= 0.6 is 0 Å². The molecule has 88 valence electrons. The number of benzene rings is 1. The Kier molecular flexibility index (Phi) is 3.46. The Labute approximate surface area is 96.8 Å². The lowest BCUT2D eigenvalue weighted by Gasteiger charge is -2.23. The number of rotatable bonds is 4. The molecule has 1 N–H and O–H groups in total. The highest BCUT2D eigenvalue weighted by atomic mass is 16.5. The Bertz CT molecular complexity index is 328. The van der Waals surface area contributed by atoms with Gasteiger partial charge in [0.2, 0.25) is 0 Å². The van der Waals surface area contributed by atoms with Gasteiger partial charge in [-0.1, -0.05) is 12.1 Å². The van der Waals surface area contributed by atoms with Crippen molar-refractivity contribution in [3.8, 4) is 5.75 Å². The lowest BCUT2D eigenvalue weighted by atomic mass is 10.0. The van der Waals surface area contributed by atoms with Gasteiger partial charge < -0.3 is 14.8 Å². The minimum atomic E-state index is 0.139. The molecule has 3 nitrogen and oxygen atoms in total. The molecule has 0 aromatic heterocycles. The first kappa shape index (κ1) is 11.4. The number of methoxy groups -OCH3 is 1. The number of ether oxygens (including phenoxy) is 2. The van der Waals surface area contributed by atoms with Gasteiger partial charge in [-0.25, -0.2) is 0 Å². The molecule has 3 heteroatoms. The third-order valence-corrected chi connectivity index (χ3v) is 3.10. The molecule has 1 atom stereocenters. The largest absolute Gasteiger partial charge is 0.497 e. The highest BCUT2D eigenvalue weighted by Gasteiger charge is 2.28. The number of hydrogen-bond acceptors (Lipinski definition) is 3. The van der Waals surface area contributed by atoms with Crippen LogP contribution in [-0.4, -0.2) is 25.9 Å².